The van der Waals surface area contributed by atoms with Crippen LogP contribution in [-0.4, -0.2) is 45.0 Å². The number of carbonyl (C=O) groups excluding carboxylic acids is 2. The van der Waals surface area contributed by atoms with Crippen LogP contribution in [0.15, 0.2) is 30.7 Å². The Kier molecular flexibility index (Phi) is 7.55. The third-order valence-corrected chi connectivity index (χ3v) is 7.08. The lowest BCUT2D eigenvalue weighted by atomic mass is 9.84. The number of amides is 1. The van der Waals surface area contributed by atoms with Crippen LogP contribution in [0.3, 0.4) is 0 Å². The smallest absolute Gasteiger partial charge is 0.259 e. The number of rotatable bonds is 7. The highest BCUT2D eigenvalue weighted by Crippen LogP contribution is 2.34. The van der Waals surface area contributed by atoms with Crippen molar-refractivity contribution in [2.75, 3.05) is 12.4 Å². The van der Waals surface area contributed by atoms with E-state index in [1.165, 1.54) is 25.7 Å². The first-order valence-electron chi connectivity index (χ1n) is 11.0. The van der Waals surface area contributed by atoms with Gasteiger partial charge in [-0.3, -0.25) is 19.9 Å². The molecule has 1 aliphatic rings. The second kappa shape index (κ2) is 10.6. The van der Waals surface area contributed by atoms with Crippen molar-refractivity contribution in [3.8, 4) is 16.9 Å². The zero-order valence-corrected chi connectivity index (χ0v) is 20.4. The van der Waals surface area contributed by atoms with E-state index < -0.39 is 5.91 Å². The van der Waals surface area contributed by atoms with Crippen LogP contribution in [-0.2, 0) is 0 Å². The molecule has 34 heavy (non-hydrogen) atoms. The third kappa shape index (κ3) is 5.60. The molecule has 0 bridgehead atoms. The van der Waals surface area contributed by atoms with Crippen LogP contribution in [0.1, 0.15) is 57.8 Å². The number of hydrogen-bond acceptors (Lipinski definition) is 8. The van der Waals surface area contributed by atoms with Crippen molar-refractivity contribution < 1.29 is 19.4 Å². The van der Waals surface area contributed by atoms with Gasteiger partial charge in [-0.2, -0.15) is 0 Å². The highest BCUT2D eigenvalue weighted by Gasteiger charge is 2.24. The molecule has 10 heteroatoms. The van der Waals surface area contributed by atoms with Gasteiger partial charge >= 0.3 is 0 Å². The Morgan fingerprint density at radius 1 is 1.12 bits per heavy atom. The number of ether oxygens (including phenoxy) is 1. The number of aliphatic hydroxyl groups is 1. The maximum atomic E-state index is 13.1. The average Bonchev–Trinajstić information content (AvgIpc) is 3.29. The molecule has 3 aromatic rings. The lowest BCUT2D eigenvalue weighted by molar-refractivity contribution is 0.0862. The number of pyridine rings is 2. The monoisotopic (exact) mass is 500 g/mol. The van der Waals surface area contributed by atoms with Gasteiger partial charge in [0, 0.05) is 29.4 Å². The van der Waals surface area contributed by atoms with Gasteiger partial charge in [0.1, 0.15) is 10.9 Å². The van der Waals surface area contributed by atoms with Crippen LogP contribution in [0, 0.1) is 12.8 Å². The topological polar surface area (TPSA) is 114 Å². The summed E-state index contributed by atoms with van der Waals surface area (Å²) in [6, 6.07) is 3.41. The van der Waals surface area contributed by atoms with E-state index in [2.05, 4.69) is 20.3 Å². The van der Waals surface area contributed by atoms with E-state index in [0.29, 0.717) is 38.9 Å². The Morgan fingerprint density at radius 3 is 2.62 bits per heavy atom. The van der Waals surface area contributed by atoms with Crippen molar-refractivity contribution in [2.24, 2.45) is 5.92 Å². The van der Waals surface area contributed by atoms with Crippen LogP contribution < -0.4 is 10.1 Å². The standard InChI is InChI=1S/C24H25ClN4O4S/c1-13-7-16(17-9-22(25)27-11-20(17)33-2)18(10-26-13)23(32)29-24-28-12-21(34-24)19(31)8-14-3-5-15(30)6-4-14/h7,9-12,14-15,30H,3-6,8H2,1-2H3,(H,28,29,32). The fraction of sp³-hybridized carbons (Fsp3) is 0.375. The second-order valence-electron chi connectivity index (χ2n) is 8.36. The van der Waals surface area contributed by atoms with Crippen molar-refractivity contribution in [2.45, 2.75) is 45.1 Å². The van der Waals surface area contributed by atoms with E-state index in [4.69, 9.17) is 16.3 Å². The summed E-state index contributed by atoms with van der Waals surface area (Å²) in [5.41, 5.74) is 2.25. The first kappa shape index (κ1) is 24.3. The van der Waals surface area contributed by atoms with E-state index in [9.17, 15) is 14.7 Å². The van der Waals surface area contributed by atoms with Gasteiger partial charge in [0.2, 0.25) is 0 Å². The molecule has 8 nitrogen and oxygen atoms in total. The number of halogens is 1. The van der Waals surface area contributed by atoms with Crippen molar-refractivity contribution >= 4 is 39.8 Å². The Balaban J connectivity index is 1.52. The zero-order chi connectivity index (χ0) is 24.2. The number of nitrogens with one attached hydrogen (secondary N) is 1. The number of nitrogens with zero attached hydrogens (tertiary/aromatic N) is 3. The molecule has 0 aromatic carbocycles. The first-order valence-corrected chi connectivity index (χ1v) is 12.2. The molecule has 1 aliphatic carbocycles. The van der Waals surface area contributed by atoms with Gasteiger partial charge in [-0.15, -0.1) is 0 Å². The second-order valence-corrected chi connectivity index (χ2v) is 9.78. The number of Topliss-reactive ketones (excluding diaryl/α,β-unsaturated/α-hetero) is 1. The van der Waals surface area contributed by atoms with Gasteiger partial charge < -0.3 is 9.84 Å². The molecule has 3 heterocycles. The predicted molar refractivity (Wildman–Crippen MR) is 131 cm³/mol. The largest absolute Gasteiger partial charge is 0.494 e. The third-order valence-electron chi connectivity index (χ3n) is 5.92. The summed E-state index contributed by atoms with van der Waals surface area (Å²) in [5, 5.41) is 13.0. The van der Waals surface area contributed by atoms with Crippen molar-refractivity contribution in [3.63, 3.8) is 0 Å². The lowest BCUT2D eigenvalue weighted by Gasteiger charge is -2.24. The van der Waals surface area contributed by atoms with E-state index >= 15 is 0 Å². The molecular weight excluding hydrogens is 476 g/mol. The molecule has 1 amide bonds. The molecular formula is C24H25ClN4O4S. The van der Waals surface area contributed by atoms with E-state index in [-0.39, 0.29) is 23.0 Å². The Bertz CT molecular complexity index is 1210. The molecule has 1 fully saturated rings. The highest BCUT2D eigenvalue weighted by molar-refractivity contribution is 7.17. The van der Waals surface area contributed by atoms with Crippen LogP contribution in [0.25, 0.3) is 11.1 Å². The molecule has 0 atom stereocenters. The maximum Gasteiger partial charge on any atom is 0.259 e. The van der Waals surface area contributed by atoms with Crippen LogP contribution in [0.4, 0.5) is 5.13 Å². The van der Waals surface area contributed by atoms with Crippen LogP contribution in [0.5, 0.6) is 5.75 Å². The molecule has 1 saturated carbocycles. The molecule has 178 valence electrons. The van der Waals surface area contributed by atoms with Gasteiger partial charge in [-0.25, -0.2) is 9.97 Å². The summed E-state index contributed by atoms with van der Waals surface area (Å²) in [7, 11) is 1.52. The van der Waals surface area contributed by atoms with Crippen LogP contribution >= 0.6 is 22.9 Å². The minimum atomic E-state index is -0.410. The first-order chi connectivity index (χ1) is 16.3. The fourth-order valence-electron chi connectivity index (χ4n) is 4.09. The zero-order valence-electron chi connectivity index (χ0n) is 18.9. The van der Waals surface area contributed by atoms with Gasteiger partial charge in [-0.05, 0) is 50.7 Å². The van der Waals surface area contributed by atoms with Gasteiger partial charge in [0.25, 0.3) is 5.91 Å². The molecule has 2 N–H and O–H groups in total. The minimum Gasteiger partial charge on any atom is -0.494 e. The van der Waals surface area contributed by atoms with Crippen molar-refractivity contribution in [1.29, 1.82) is 0 Å². The molecule has 3 aromatic heterocycles. The molecule has 0 saturated heterocycles. The lowest BCUT2D eigenvalue weighted by Crippen LogP contribution is -2.20. The van der Waals surface area contributed by atoms with Crippen LogP contribution in [0.2, 0.25) is 5.15 Å². The molecule has 0 spiro atoms. The quantitative estimate of drug-likeness (QED) is 0.348. The molecule has 4 rings (SSSR count). The number of aryl methyl sites for hydroxylation is 1. The van der Waals surface area contributed by atoms with Crippen molar-refractivity contribution in [3.05, 3.63) is 52.0 Å². The molecule has 0 unspecified atom stereocenters. The van der Waals surface area contributed by atoms with E-state index in [1.54, 1.807) is 12.1 Å². The predicted octanol–water partition coefficient (Wildman–Crippen LogP) is 4.95. The average molecular weight is 501 g/mol. The van der Waals surface area contributed by atoms with Gasteiger partial charge in [0.15, 0.2) is 10.9 Å². The number of anilines is 1. The molecule has 0 aliphatic heterocycles. The summed E-state index contributed by atoms with van der Waals surface area (Å²) in [6.07, 6.45) is 7.84. The summed E-state index contributed by atoms with van der Waals surface area (Å²) in [4.78, 5) is 38.9. The summed E-state index contributed by atoms with van der Waals surface area (Å²) < 4.78 is 5.41. The Labute approximate surface area is 206 Å². The fourth-order valence-corrected chi connectivity index (χ4v) is 5.01. The number of carbonyl (C=O) groups is 2. The Hall–Kier alpha value is -2.88. The van der Waals surface area contributed by atoms with E-state index in [1.807, 2.05) is 6.92 Å². The van der Waals surface area contributed by atoms with E-state index in [0.717, 1.165) is 42.7 Å². The number of ketones is 1. The normalized spacial score (nSPS) is 17.9. The van der Waals surface area contributed by atoms with Gasteiger partial charge in [0.05, 0.1) is 36.0 Å². The Morgan fingerprint density at radius 2 is 1.88 bits per heavy atom. The summed E-state index contributed by atoms with van der Waals surface area (Å²) in [6.45, 7) is 1.83. The number of hydrogen-bond donors (Lipinski definition) is 2. The number of aliphatic hydroxyl groups excluding tert-OH is 1. The maximum absolute atomic E-state index is 13.1. The number of methoxy groups -OCH3 is 1. The highest BCUT2D eigenvalue weighted by atomic mass is 35.5. The number of thiazole rings is 1. The van der Waals surface area contributed by atoms with Crippen molar-refractivity contribution in [1.82, 2.24) is 15.0 Å². The summed E-state index contributed by atoms with van der Waals surface area (Å²) >= 11 is 7.25. The SMILES string of the molecule is COc1cnc(Cl)cc1-c1cc(C)ncc1C(=O)Nc1ncc(C(=O)CC2CCC(O)CC2)s1. The number of aromatic nitrogens is 3. The minimum absolute atomic E-state index is 0.00763. The van der Waals surface area contributed by atoms with Gasteiger partial charge in [-0.1, -0.05) is 22.9 Å². The summed E-state index contributed by atoms with van der Waals surface area (Å²) in [5.74, 6) is 0.348. The molecule has 0 radical (unpaired) electrons.